The van der Waals surface area contributed by atoms with Crippen molar-refractivity contribution in [2.75, 3.05) is 6.61 Å². The van der Waals surface area contributed by atoms with E-state index < -0.39 is 0 Å². The minimum absolute atomic E-state index is 0.0776. The molecule has 4 nitrogen and oxygen atoms in total. The summed E-state index contributed by atoms with van der Waals surface area (Å²) in [6, 6.07) is 0. The molecule has 1 aliphatic heterocycles. The topological polar surface area (TPSA) is 52.6 Å². The Balaban J connectivity index is 1.48. The summed E-state index contributed by atoms with van der Waals surface area (Å²) in [6.45, 7) is 7.49. The lowest BCUT2D eigenvalue weighted by atomic mass is 9.44. The summed E-state index contributed by atoms with van der Waals surface area (Å²) in [4.78, 5) is 24.9. The lowest BCUT2D eigenvalue weighted by Gasteiger charge is -2.62. The van der Waals surface area contributed by atoms with Gasteiger partial charge < -0.3 is 9.47 Å². The predicted octanol–water partition coefficient (Wildman–Crippen LogP) is 5.33. The summed E-state index contributed by atoms with van der Waals surface area (Å²) in [6.07, 6.45) is 11.5. The fraction of sp³-hybridized carbons (Fsp3) is 0.923. The van der Waals surface area contributed by atoms with Crippen molar-refractivity contribution in [2.45, 2.75) is 104 Å². The van der Waals surface area contributed by atoms with E-state index in [9.17, 15) is 9.59 Å². The lowest BCUT2D eigenvalue weighted by Crippen LogP contribution is -2.59. The van der Waals surface area contributed by atoms with Crippen LogP contribution in [0.15, 0.2) is 0 Å². The van der Waals surface area contributed by atoms with E-state index in [1.807, 2.05) is 0 Å². The smallest absolute Gasteiger partial charge is 0.157 e. The first-order valence-electron chi connectivity index (χ1n) is 12.6. The fourth-order valence-electron chi connectivity index (χ4n) is 8.81. The maximum absolute atomic E-state index is 12.5. The highest BCUT2D eigenvalue weighted by molar-refractivity contribution is 5.80. The van der Waals surface area contributed by atoms with Gasteiger partial charge in [-0.1, -0.05) is 13.8 Å². The normalized spacial score (nSPS) is 51.0. The zero-order chi connectivity index (χ0) is 21.1. The Hall–Kier alpha value is -0.740. The molecule has 5 rings (SSSR count). The van der Waals surface area contributed by atoms with Gasteiger partial charge in [0.1, 0.15) is 11.6 Å². The van der Waals surface area contributed by atoms with Gasteiger partial charge in [0.05, 0.1) is 6.10 Å². The minimum Gasteiger partial charge on any atom is -0.353 e. The molecule has 0 aromatic rings. The van der Waals surface area contributed by atoms with Crippen LogP contribution in [-0.4, -0.2) is 30.6 Å². The highest BCUT2D eigenvalue weighted by atomic mass is 16.7. The van der Waals surface area contributed by atoms with E-state index in [1.165, 1.54) is 12.8 Å². The van der Waals surface area contributed by atoms with E-state index in [4.69, 9.17) is 9.47 Å². The summed E-state index contributed by atoms with van der Waals surface area (Å²) in [7, 11) is 0. The summed E-state index contributed by atoms with van der Waals surface area (Å²) in [5.74, 6) is 3.18. The molecule has 0 amide bonds. The van der Waals surface area contributed by atoms with Crippen LogP contribution in [0.2, 0.25) is 0 Å². The molecule has 0 radical (unpaired) electrons. The molecule has 1 unspecified atom stereocenters. The van der Waals surface area contributed by atoms with Crippen molar-refractivity contribution in [3.05, 3.63) is 0 Å². The number of rotatable bonds is 3. The van der Waals surface area contributed by atoms with Crippen LogP contribution in [0, 0.1) is 40.4 Å². The Kier molecular flexibility index (Phi) is 5.41. The third-order valence-electron chi connectivity index (χ3n) is 10.4. The van der Waals surface area contributed by atoms with Crippen molar-refractivity contribution < 1.29 is 19.1 Å². The summed E-state index contributed by atoms with van der Waals surface area (Å²) >= 11 is 0. The van der Waals surface area contributed by atoms with Crippen molar-refractivity contribution in [3.63, 3.8) is 0 Å². The predicted molar refractivity (Wildman–Crippen MR) is 115 cm³/mol. The van der Waals surface area contributed by atoms with E-state index in [0.717, 1.165) is 64.4 Å². The van der Waals surface area contributed by atoms with Crippen LogP contribution >= 0.6 is 0 Å². The van der Waals surface area contributed by atoms with Crippen LogP contribution in [0.5, 0.6) is 0 Å². The first kappa shape index (κ1) is 21.1. The number of carbonyl (C=O) groups excluding carboxylic acids is 2. The molecule has 0 bridgehead atoms. The third-order valence-corrected chi connectivity index (χ3v) is 10.4. The number of fused-ring (bicyclic) bond motifs is 5. The molecule has 5 fully saturated rings. The molecule has 1 heterocycles. The summed E-state index contributed by atoms with van der Waals surface area (Å²) in [5.41, 5.74) is 0.372. The Morgan fingerprint density at radius 3 is 2.57 bits per heavy atom. The molecule has 4 aliphatic carbocycles. The average Bonchev–Trinajstić information content (AvgIpc) is 3.07. The maximum atomic E-state index is 12.5. The molecule has 5 aliphatic rings. The molecular weight excluding hydrogens is 376 g/mol. The van der Waals surface area contributed by atoms with Crippen molar-refractivity contribution in [2.24, 2.45) is 40.4 Å². The number of Topliss-reactive ketones (excluding diaryl/α,β-unsaturated/α-hetero) is 2. The second kappa shape index (κ2) is 7.69. The van der Waals surface area contributed by atoms with Crippen LogP contribution in [-0.2, 0) is 19.1 Å². The molecular formula is C26H40O4. The third kappa shape index (κ3) is 3.23. The molecule has 4 heteroatoms. The van der Waals surface area contributed by atoms with E-state index in [2.05, 4.69) is 13.8 Å². The summed E-state index contributed by atoms with van der Waals surface area (Å²) in [5, 5.41) is 0. The zero-order valence-electron chi connectivity index (χ0n) is 19.2. The molecule has 30 heavy (non-hydrogen) atoms. The Bertz CT molecular complexity index is 697. The van der Waals surface area contributed by atoms with Crippen LogP contribution in [0.25, 0.3) is 0 Å². The van der Waals surface area contributed by atoms with Gasteiger partial charge in [0.15, 0.2) is 6.29 Å². The molecule has 9 atom stereocenters. The van der Waals surface area contributed by atoms with Crippen LogP contribution < -0.4 is 0 Å². The number of carbonyl (C=O) groups is 2. The second-order valence-electron chi connectivity index (χ2n) is 11.7. The number of hydrogen-bond acceptors (Lipinski definition) is 4. The van der Waals surface area contributed by atoms with Gasteiger partial charge in [-0.25, -0.2) is 0 Å². The first-order chi connectivity index (χ1) is 14.3. The van der Waals surface area contributed by atoms with Crippen LogP contribution in [0.4, 0.5) is 0 Å². The minimum atomic E-state index is -0.0776. The van der Waals surface area contributed by atoms with E-state index in [-0.39, 0.29) is 29.1 Å². The van der Waals surface area contributed by atoms with Gasteiger partial charge in [-0.05, 0) is 99.2 Å². The lowest BCUT2D eigenvalue weighted by molar-refractivity contribution is -0.246. The SMILES string of the molecule is CC(=O)[C@H]1CC[C@H]2[C@@H]3[C@H](OC4CCCCO4)C[C@H]4CC(=O)CC[C@]4(C)[C@H]3CC[C@]12C. The van der Waals surface area contributed by atoms with Gasteiger partial charge in [0, 0.05) is 25.4 Å². The molecule has 168 valence electrons. The van der Waals surface area contributed by atoms with Crippen LogP contribution in [0.3, 0.4) is 0 Å². The van der Waals surface area contributed by atoms with Gasteiger partial charge in [0.2, 0.25) is 0 Å². The Morgan fingerprint density at radius 2 is 1.83 bits per heavy atom. The van der Waals surface area contributed by atoms with E-state index in [1.54, 1.807) is 6.92 Å². The standard InChI is InChI=1S/C26H40O4/c1-16(27)19-7-8-20-24-21(10-12-26(19,20)3)25(2)11-9-18(28)14-17(25)15-22(24)30-23-6-4-5-13-29-23/h17,19-24H,4-15H2,1-3H3/t17-,19-,20+,21+,22-,23?,24+,25+,26-/m1/s1. The van der Waals surface area contributed by atoms with Crippen molar-refractivity contribution >= 4 is 11.6 Å². The van der Waals surface area contributed by atoms with Gasteiger partial charge in [0.25, 0.3) is 0 Å². The number of ether oxygens (including phenoxy) is 2. The van der Waals surface area contributed by atoms with Crippen molar-refractivity contribution in [1.82, 2.24) is 0 Å². The number of ketones is 2. The van der Waals surface area contributed by atoms with Crippen molar-refractivity contribution in [3.8, 4) is 0 Å². The molecule has 0 aromatic heterocycles. The van der Waals surface area contributed by atoms with Gasteiger partial charge in [-0.15, -0.1) is 0 Å². The molecule has 0 N–H and O–H groups in total. The zero-order valence-corrected chi connectivity index (χ0v) is 19.2. The monoisotopic (exact) mass is 416 g/mol. The van der Waals surface area contributed by atoms with Gasteiger partial charge >= 0.3 is 0 Å². The highest BCUT2D eigenvalue weighted by Crippen LogP contribution is 2.67. The second-order valence-corrected chi connectivity index (χ2v) is 11.7. The molecule has 1 saturated heterocycles. The summed E-state index contributed by atoms with van der Waals surface area (Å²) < 4.78 is 12.8. The quantitative estimate of drug-likeness (QED) is 0.584. The molecule has 0 spiro atoms. The van der Waals surface area contributed by atoms with E-state index in [0.29, 0.717) is 35.2 Å². The maximum Gasteiger partial charge on any atom is 0.157 e. The van der Waals surface area contributed by atoms with Gasteiger partial charge in [-0.2, -0.15) is 0 Å². The average molecular weight is 417 g/mol. The largest absolute Gasteiger partial charge is 0.353 e. The van der Waals surface area contributed by atoms with Crippen LogP contribution in [0.1, 0.15) is 91.4 Å². The van der Waals surface area contributed by atoms with Gasteiger partial charge in [-0.3, -0.25) is 9.59 Å². The Labute approximate surface area is 181 Å². The fourth-order valence-corrected chi connectivity index (χ4v) is 8.81. The van der Waals surface area contributed by atoms with Crippen molar-refractivity contribution in [1.29, 1.82) is 0 Å². The van der Waals surface area contributed by atoms with E-state index >= 15 is 0 Å². The molecule has 4 saturated carbocycles. The first-order valence-corrected chi connectivity index (χ1v) is 12.6. The number of hydrogen-bond donors (Lipinski definition) is 0. The molecule has 0 aromatic carbocycles. The highest BCUT2D eigenvalue weighted by Gasteiger charge is 2.63. The Morgan fingerprint density at radius 1 is 1.03 bits per heavy atom.